The largest absolute Gasteiger partial charge is 0.493 e. The minimum Gasteiger partial charge on any atom is -0.493 e. The van der Waals surface area contributed by atoms with E-state index in [1.54, 1.807) is 66.7 Å². The molecule has 0 aliphatic rings. The van der Waals surface area contributed by atoms with Crippen molar-refractivity contribution in [3.05, 3.63) is 88.9 Å². The van der Waals surface area contributed by atoms with Crippen LogP contribution in [0.25, 0.3) is 0 Å². The summed E-state index contributed by atoms with van der Waals surface area (Å²) >= 11 is 5.78. The number of methoxy groups -OCH3 is 1. The Kier molecular flexibility index (Phi) is 7.55. The summed E-state index contributed by atoms with van der Waals surface area (Å²) in [5.74, 6) is -1.83. The van der Waals surface area contributed by atoms with Crippen molar-refractivity contribution in [2.45, 2.75) is 0 Å². The van der Waals surface area contributed by atoms with Crippen LogP contribution in [0.1, 0.15) is 15.9 Å². The molecule has 32 heavy (non-hydrogen) atoms. The van der Waals surface area contributed by atoms with Crippen molar-refractivity contribution in [1.29, 1.82) is 0 Å². The van der Waals surface area contributed by atoms with Gasteiger partial charge in [-0.15, -0.1) is 0 Å². The van der Waals surface area contributed by atoms with Gasteiger partial charge in [0, 0.05) is 10.7 Å². The molecule has 0 unspecified atom stereocenters. The number of hydrogen-bond donors (Lipinski definition) is 2. The topological polar surface area (TPSA) is 106 Å². The van der Waals surface area contributed by atoms with Crippen LogP contribution in [0, 0.1) is 0 Å². The van der Waals surface area contributed by atoms with E-state index in [9.17, 15) is 14.4 Å². The van der Waals surface area contributed by atoms with Gasteiger partial charge in [0.25, 0.3) is 0 Å². The number of hydrogen-bond acceptors (Lipinski definition) is 6. The number of carbonyl (C=O) groups excluding carboxylic acids is 3. The van der Waals surface area contributed by atoms with Crippen molar-refractivity contribution >= 4 is 41.3 Å². The fourth-order valence-electron chi connectivity index (χ4n) is 2.52. The molecule has 2 amide bonds. The lowest BCUT2D eigenvalue weighted by Gasteiger charge is -2.10. The highest BCUT2D eigenvalue weighted by molar-refractivity contribution is 6.39. The Labute approximate surface area is 188 Å². The number of carbonyl (C=O) groups is 3. The molecule has 2 N–H and O–H groups in total. The highest BCUT2D eigenvalue weighted by atomic mass is 35.5. The number of halogens is 1. The predicted molar refractivity (Wildman–Crippen MR) is 120 cm³/mol. The number of nitrogens with one attached hydrogen (secondary N) is 2. The minimum atomic E-state index is -0.948. The molecular formula is C23H18ClN3O5. The lowest BCUT2D eigenvalue weighted by Crippen LogP contribution is -2.32. The van der Waals surface area contributed by atoms with Crippen molar-refractivity contribution in [1.82, 2.24) is 5.43 Å². The minimum absolute atomic E-state index is 0.227. The van der Waals surface area contributed by atoms with Gasteiger partial charge in [-0.05, 0) is 60.2 Å². The first kappa shape index (κ1) is 22.5. The summed E-state index contributed by atoms with van der Waals surface area (Å²) in [5.41, 5.74) is 3.50. The maximum Gasteiger partial charge on any atom is 0.343 e. The molecule has 3 aromatic carbocycles. The third-order valence-electron chi connectivity index (χ3n) is 4.09. The van der Waals surface area contributed by atoms with Gasteiger partial charge < -0.3 is 14.8 Å². The SMILES string of the molecule is COc1cc(C=NNC(=O)C(=O)Nc2ccc(Cl)cc2)ccc1OC(=O)c1ccccc1. The second-order valence-electron chi connectivity index (χ2n) is 6.33. The summed E-state index contributed by atoms with van der Waals surface area (Å²) in [6.45, 7) is 0. The monoisotopic (exact) mass is 451 g/mol. The summed E-state index contributed by atoms with van der Waals surface area (Å²) in [4.78, 5) is 36.0. The van der Waals surface area contributed by atoms with Crippen LogP contribution in [0.4, 0.5) is 5.69 Å². The first-order chi connectivity index (χ1) is 15.5. The van der Waals surface area contributed by atoms with Crippen LogP contribution in [-0.2, 0) is 9.59 Å². The van der Waals surface area contributed by atoms with Gasteiger partial charge in [0.1, 0.15) is 0 Å². The van der Waals surface area contributed by atoms with Gasteiger partial charge in [0.15, 0.2) is 11.5 Å². The Bertz CT molecular complexity index is 1150. The molecule has 0 atom stereocenters. The number of amides is 2. The molecule has 0 aromatic heterocycles. The summed E-state index contributed by atoms with van der Waals surface area (Å²) in [7, 11) is 1.43. The standard InChI is InChI=1S/C23H18ClN3O5/c1-31-20-13-15(7-12-19(20)32-23(30)16-5-3-2-4-6-16)14-25-27-22(29)21(28)26-18-10-8-17(24)9-11-18/h2-14H,1H3,(H,26,28)(H,27,29). The van der Waals surface area contributed by atoms with Gasteiger partial charge in [-0.2, -0.15) is 5.10 Å². The lowest BCUT2D eigenvalue weighted by atomic mass is 10.2. The highest BCUT2D eigenvalue weighted by Crippen LogP contribution is 2.28. The van der Waals surface area contributed by atoms with E-state index in [-0.39, 0.29) is 5.75 Å². The molecule has 0 heterocycles. The molecule has 0 saturated carbocycles. The molecule has 3 aromatic rings. The maximum atomic E-state index is 12.2. The Morgan fingerprint density at radius 3 is 2.31 bits per heavy atom. The first-order valence-corrected chi connectivity index (χ1v) is 9.69. The second-order valence-corrected chi connectivity index (χ2v) is 6.76. The quantitative estimate of drug-likeness (QED) is 0.195. The number of ether oxygens (including phenoxy) is 2. The summed E-state index contributed by atoms with van der Waals surface area (Å²) in [6, 6.07) is 19.6. The van der Waals surface area contributed by atoms with Crippen molar-refractivity contribution in [3.8, 4) is 11.5 Å². The Balaban J connectivity index is 1.59. The third kappa shape index (κ3) is 6.16. The van der Waals surface area contributed by atoms with E-state index in [0.717, 1.165) is 0 Å². The summed E-state index contributed by atoms with van der Waals surface area (Å²) in [5, 5.41) is 6.69. The van der Waals surface area contributed by atoms with Crippen molar-refractivity contribution in [2.24, 2.45) is 5.10 Å². The zero-order valence-electron chi connectivity index (χ0n) is 16.9. The molecule has 3 rings (SSSR count). The summed E-state index contributed by atoms with van der Waals surface area (Å²) in [6.07, 6.45) is 1.32. The van der Waals surface area contributed by atoms with Crippen molar-refractivity contribution < 1.29 is 23.9 Å². The van der Waals surface area contributed by atoms with Gasteiger partial charge in [-0.3, -0.25) is 9.59 Å². The normalized spacial score (nSPS) is 10.4. The molecule has 0 aliphatic carbocycles. The van der Waals surface area contributed by atoms with E-state index in [0.29, 0.717) is 27.6 Å². The Hall–Kier alpha value is -4.17. The molecule has 162 valence electrons. The lowest BCUT2D eigenvalue weighted by molar-refractivity contribution is -0.136. The smallest absolute Gasteiger partial charge is 0.343 e. The molecule has 0 fully saturated rings. The second kappa shape index (κ2) is 10.7. The molecule has 8 nitrogen and oxygen atoms in total. The van der Waals surface area contributed by atoms with E-state index < -0.39 is 17.8 Å². The average molecular weight is 452 g/mol. The summed E-state index contributed by atoms with van der Waals surface area (Å²) < 4.78 is 10.6. The first-order valence-electron chi connectivity index (χ1n) is 9.31. The zero-order valence-corrected chi connectivity index (χ0v) is 17.6. The van der Waals surface area contributed by atoms with Gasteiger partial charge in [0.05, 0.1) is 18.9 Å². The van der Waals surface area contributed by atoms with E-state index in [4.69, 9.17) is 21.1 Å². The van der Waals surface area contributed by atoms with E-state index >= 15 is 0 Å². The van der Waals surface area contributed by atoms with Crippen LogP contribution >= 0.6 is 11.6 Å². The van der Waals surface area contributed by atoms with Crippen LogP contribution in [0.5, 0.6) is 11.5 Å². The fourth-order valence-corrected chi connectivity index (χ4v) is 2.65. The van der Waals surface area contributed by atoms with Crippen LogP contribution < -0.4 is 20.2 Å². The van der Waals surface area contributed by atoms with Crippen molar-refractivity contribution in [3.63, 3.8) is 0 Å². The van der Waals surface area contributed by atoms with Gasteiger partial charge in [-0.25, -0.2) is 10.2 Å². The molecular weight excluding hydrogens is 434 g/mol. The van der Waals surface area contributed by atoms with Crippen molar-refractivity contribution in [2.75, 3.05) is 12.4 Å². The molecule has 0 saturated heterocycles. The maximum absolute atomic E-state index is 12.2. The van der Waals surface area contributed by atoms with Crippen LogP contribution in [0.2, 0.25) is 5.02 Å². The van der Waals surface area contributed by atoms with Crippen LogP contribution in [-0.4, -0.2) is 31.1 Å². The molecule has 0 aliphatic heterocycles. The van der Waals surface area contributed by atoms with Gasteiger partial charge in [0.2, 0.25) is 0 Å². The molecule has 9 heteroatoms. The van der Waals surface area contributed by atoms with Gasteiger partial charge in [-0.1, -0.05) is 29.8 Å². The number of benzene rings is 3. The predicted octanol–water partition coefficient (Wildman–Crippen LogP) is 3.66. The van der Waals surface area contributed by atoms with E-state index in [1.165, 1.54) is 19.4 Å². The number of nitrogens with zero attached hydrogens (tertiary/aromatic N) is 1. The zero-order chi connectivity index (χ0) is 22.9. The number of hydrazone groups is 1. The molecule has 0 bridgehead atoms. The van der Waals surface area contributed by atoms with E-state index in [1.807, 2.05) is 0 Å². The van der Waals surface area contributed by atoms with Crippen LogP contribution in [0.15, 0.2) is 77.9 Å². The fraction of sp³-hybridized carbons (Fsp3) is 0.0435. The van der Waals surface area contributed by atoms with E-state index in [2.05, 4.69) is 15.8 Å². The highest BCUT2D eigenvalue weighted by Gasteiger charge is 2.14. The number of esters is 1. The number of rotatable bonds is 6. The third-order valence-corrected chi connectivity index (χ3v) is 4.34. The molecule has 0 radical (unpaired) electrons. The Morgan fingerprint density at radius 2 is 1.62 bits per heavy atom. The number of anilines is 1. The average Bonchev–Trinajstić information content (AvgIpc) is 2.81. The Morgan fingerprint density at radius 1 is 0.906 bits per heavy atom. The van der Waals surface area contributed by atoms with Crippen LogP contribution in [0.3, 0.4) is 0 Å². The van der Waals surface area contributed by atoms with Gasteiger partial charge >= 0.3 is 17.8 Å². The molecule has 0 spiro atoms.